The summed E-state index contributed by atoms with van der Waals surface area (Å²) in [6.07, 6.45) is -0.235. The summed E-state index contributed by atoms with van der Waals surface area (Å²) < 4.78 is 10.7. The van der Waals surface area contributed by atoms with Crippen molar-refractivity contribution in [2.75, 3.05) is 6.61 Å². The number of ether oxygens (including phenoxy) is 2. The van der Waals surface area contributed by atoms with Crippen LogP contribution in [0.1, 0.15) is 39.3 Å². The summed E-state index contributed by atoms with van der Waals surface area (Å²) in [5.74, 6) is 0.299. The molecular weight excluding hydrogens is 296 g/mol. The number of nitrogens with one attached hydrogen (secondary N) is 2. The van der Waals surface area contributed by atoms with Gasteiger partial charge in [0.25, 0.3) is 0 Å². The van der Waals surface area contributed by atoms with Gasteiger partial charge in [0.2, 0.25) is 0 Å². The van der Waals surface area contributed by atoms with E-state index in [1.54, 1.807) is 20.8 Å². The Labute approximate surface area is 135 Å². The predicted molar refractivity (Wildman–Crippen MR) is 85.9 cm³/mol. The number of esters is 1. The Bertz CT molecular complexity index is 620. The highest BCUT2D eigenvalue weighted by molar-refractivity contribution is 5.95. The smallest absolute Gasteiger partial charge is 0.338 e. The van der Waals surface area contributed by atoms with Crippen LogP contribution in [0.15, 0.2) is 35.5 Å². The van der Waals surface area contributed by atoms with Gasteiger partial charge in [-0.25, -0.2) is 9.59 Å². The maximum atomic E-state index is 12.4. The van der Waals surface area contributed by atoms with Crippen LogP contribution in [-0.4, -0.2) is 24.7 Å². The van der Waals surface area contributed by atoms with Gasteiger partial charge in [-0.2, -0.15) is 0 Å². The van der Waals surface area contributed by atoms with Crippen molar-refractivity contribution in [1.82, 2.24) is 10.6 Å². The minimum absolute atomic E-state index is 0.235. The van der Waals surface area contributed by atoms with E-state index in [1.807, 2.05) is 31.2 Å². The molecule has 124 valence electrons. The number of carbonyl (C=O) groups is 2. The summed E-state index contributed by atoms with van der Waals surface area (Å²) in [6.45, 7) is 7.75. The maximum Gasteiger partial charge on any atom is 0.338 e. The molecule has 0 fully saturated rings. The number of amides is 2. The Hall–Kier alpha value is -2.50. The van der Waals surface area contributed by atoms with Gasteiger partial charge in [0.15, 0.2) is 0 Å². The maximum absolute atomic E-state index is 12.4. The number of urea groups is 1. The van der Waals surface area contributed by atoms with Gasteiger partial charge < -0.3 is 20.1 Å². The van der Waals surface area contributed by atoms with Crippen LogP contribution in [0.4, 0.5) is 4.79 Å². The van der Waals surface area contributed by atoms with E-state index in [-0.39, 0.29) is 12.1 Å². The van der Waals surface area contributed by atoms with Crippen molar-refractivity contribution in [2.24, 2.45) is 0 Å². The Balaban J connectivity index is 2.34. The van der Waals surface area contributed by atoms with Crippen molar-refractivity contribution in [3.63, 3.8) is 0 Å². The Kier molecular flexibility index (Phi) is 5.26. The molecule has 1 aliphatic heterocycles. The van der Waals surface area contributed by atoms with Crippen LogP contribution in [0, 0.1) is 0 Å². The molecule has 1 atom stereocenters. The first-order chi connectivity index (χ1) is 10.9. The van der Waals surface area contributed by atoms with Gasteiger partial charge in [0, 0.05) is 5.70 Å². The van der Waals surface area contributed by atoms with Crippen molar-refractivity contribution >= 4 is 12.0 Å². The first-order valence-electron chi connectivity index (χ1n) is 7.64. The van der Waals surface area contributed by atoms with Crippen molar-refractivity contribution in [1.29, 1.82) is 0 Å². The van der Waals surface area contributed by atoms with E-state index < -0.39 is 12.0 Å². The van der Waals surface area contributed by atoms with Crippen molar-refractivity contribution in [3.8, 4) is 5.75 Å². The lowest BCUT2D eigenvalue weighted by Crippen LogP contribution is -2.45. The third-order valence-corrected chi connectivity index (χ3v) is 3.36. The average Bonchev–Trinajstić information content (AvgIpc) is 2.46. The van der Waals surface area contributed by atoms with Gasteiger partial charge in [-0.15, -0.1) is 0 Å². The van der Waals surface area contributed by atoms with E-state index in [0.717, 1.165) is 11.3 Å². The second-order valence-electron chi connectivity index (χ2n) is 5.53. The topological polar surface area (TPSA) is 76.7 Å². The Morgan fingerprint density at radius 2 is 1.91 bits per heavy atom. The summed E-state index contributed by atoms with van der Waals surface area (Å²) in [6, 6.07) is 6.39. The van der Waals surface area contributed by atoms with E-state index in [2.05, 4.69) is 10.6 Å². The van der Waals surface area contributed by atoms with Gasteiger partial charge in [-0.3, -0.25) is 0 Å². The second kappa shape index (κ2) is 7.17. The number of hydrogen-bond donors (Lipinski definition) is 2. The summed E-state index contributed by atoms with van der Waals surface area (Å²) >= 11 is 0. The third kappa shape index (κ3) is 4.03. The third-order valence-electron chi connectivity index (χ3n) is 3.36. The van der Waals surface area contributed by atoms with Gasteiger partial charge in [-0.05, 0) is 45.4 Å². The lowest BCUT2D eigenvalue weighted by molar-refractivity contribution is -0.143. The van der Waals surface area contributed by atoms with Crippen molar-refractivity contribution in [2.45, 2.75) is 39.8 Å². The molecule has 1 unspecified atom stereocenters. The minimum Gasteiger partial charge on any atom is -0.494 e. The van der Waals surface area contributed by atoms with Crippen LogP contribution < -0.4 is 15.4 Å². The SMILES string of the molecule is CCOc1ccc(C2NC(=O)NC(C)=C2C(=O)OC(C)C)cc1. The molecule has 0 aromatic heterocycles. The lowest BCUT2D eigenvalue weighted by atomic mass is 9.95. The molecule has 0 bridgehead atoms. The van der Waals surface area contributed by atoms with E-state index in [4.69, 9.17) is 9.47 Å². The van der Waals surface area contributed by atoms with Gasteiger partial charge in [-0.1, -0.05) is 12.1 Å². The first-order valence-corrected chi connectivity index (χ1v) is 7.64. The zero-order valence-electron chi connectivity index (χ0n) is 13.8. The van der Waals surface area contributed by atoms with Gasteiger partial charge in [0.05, 0.1) is 24.3 Å². The highest BCUT2D eigenvalue weighted by Gasteiger charge is 2.32. The normalized spacial score (nSPS) is 17.6. The highest BCUT2D eigenvalue weighted by atomic mass is 16.5. The molecule has 2 N–H and O–H groups in total. The molecule has 6 nitrogen and oxygen atoms in total. The summed E-state index contributed by atoms with van der Waals surface area (Å²) in [7, 11) is 0. The van der Waals surface area contributed by atoms with Crippen LogP contribution in [0.25, 0.3) is 0 Å². The van der Waals surface area contributed by atoms with E-state index >= 15 is 0 Å². The van der Waals surface area contributed by atoms with Crippen molar-refractivity contribution in [3.05, 3.63) is 41.1 Å². The fourth-order valence-corrected chi connectivity index (χ4v) is 2.42. The molecule has 0 aliphatic carbocycles. The van der Waals surface area contributed by atoms with Crippen molar-refractivity contribution < 1.29 is 19.1 Å². The Morgan fingerprint density at radius 3 is 2.48 bits per heavy atom. The molecule has 1 aromatic rings. The minimum atomic E-state index is -0.550. The molecule has 23 heavy (non-hydrogen) atoms. The quantitative estimate of drug-likeness (QED) is 0.818. The molecule has 0 radical (unpaired) electrons. The summed E-state index contributed by atoms with van der Waals surface area (Å²) in [5.41, 5.74) is 1.69. The van der Waals surface area contributed by atoms with E-state index in [0.29, 0.717) is 17.9 Å². The predicted octanol–water partition coefficient (Wildman–Crippen LogP) is 2.66. The van der Waals surface area contributed by atoms with Crippen LogP contribution >= 0.6 is 0 Å². The molecule has 1 heterocycles. The number of hydrogen-bond acceptors (Lipinski definition) is 4. The van der Waals surface area contributed by atoms with Gasteiger partial charge in [0.1, 0.15) is 5.75 Å². The molecular formula is C17H22N2O4. The molecule has 0 saturated carbocycles. The fourth-order valence-electron chi connectivity index (χ4n) is 2.42. The number of benzene rings is 1. The molecule has 6 heteroatoms. The lowest BCUT2D eigenvalue weighted by Gasteiger charge is -2.28. The molecule has 2 rings (SSSR count). The summed E-state index contributed by atoms with van der Waals surface area (Å²) in [4.78, 5) is 24.2. The fraction of sp³-hybridized carbons (Fsp3) is 0.412. The first kappa shape index (κ1) is 16.9. The van der Waals surface area contributed by atoms with Gasteiger partial charge >= 0.3 is 12.0 Å². The molecule has 1 aliphatic rings. The molecule has 2 amide bonds. The van der Waals surface area contributed by atoms with Crippen LogP contribution in [-0.2, 0) is 9.53 Å². The molecule has 1 aromatic carbocycles. The van der Waals surface area contributed by atoms with Crippen LogP contribution in [0.2, 0.25) is 0 Å². The highest BCUT2D eigenvalue weighted by Crippen LogP contribution is 2.29. The monoisotopic (exact) mass is 318 g/mol. The van der Waals surface area contributed by atoms with Crippen LogP contribution in [0.5, 0.6) is 5.75 Å². The molecule has 0 spiro atoms. The largest absolute Gasteiger partial charge is 0.494 e. The van der Waals surface area contributed by atoms with E-state index in [1.165, 1.54) is 0 Å². The summed E-state index contributed by atoms with van der Waals surface area (Å²) in [5, 5.41) is 5.39. The van der Waals surface area contributed by atoms with Crippen LogP contribution in [0.3, 0.4) is 0 Å². The molecule has 0 saturated heterocycles. The number of carbonyl (C=O) groups excluding carboxylic acids is 2. The number of allylic oxidation sites excluding steroid dienone is 1. The number of rotatable bonds is 5. The second-order valence-corrected chi connectivity index (χ2v) is 5.53. The zero-order chi connectivity index (χ0) is 17.0. The zero-order valence-corrected chi connectivity index (χ0v) is 13.8. The Morgan fingerprint density at radius 1 is 1.26 bits per heavy atom. The average molecular weight is 318 g/mol. The standard InChI is InChI=1S/C17H22N2O4/c1-5-22-13-8-6-12(7-9-13)15-14(16(20)23-10(2)3)11(4)18-17(21)19-15/h6-10,15H,5H2,1-4H3,(H2,18,19,21). The van der Waals surface area contributed by atoms with E-state index in [9.17, 15) is 9.59 Å².